The van der Waals surface area contributed by atoms with E-state index in [0.29, 0.717) is 31.2 Å². The molecular weight excluding hydrogens is 402 g/mol. The summed E-state index contributed by atoms with van der Waals surface area (Å²) in [6.07, 6.45) is 0. The molecule has 164 valence electrons. The summed E-state index contributed by atoms with van der Waals surface area (Å²) in [5, 5.41) is 2.99. The van der Waals surface area contributed by atoms with Crippen LogP contribution in [-0.4, -0.2) is 56.7 Å². The van der Waals surface area contributed by atoms with Gasteiger partial charge in [-0.25, -0.2) is 0 Å². The van der Waals surface area contributed by atoms with Gasteiger partial charge in [0.1, 0.15) is 11.5 Å². The molecule has 0 radical (unpaired) electrons. The van der Waals surface area contributed by atoms with Crippen LogP contribution >= 0.6 is 12.4 Å². The van der Waals surface area contributed by atoms with Gasteiger partial charge < -0.3 is 19.7 Å². The number of ether oxygens (including phenoxy) is 2. The number of hydrogen-bond donors (Lipinski definition) is 1. The van der Waals surface area contributed by atoms with Crippen molar-refractivity contribution in [3.05, 3.63) is 48.0 Å². The number of amides is 1. The molecule has 30 heavy (non-hydrogen) atoms. The van der Waals surface area contributed by atoms with Crippen LogP contribution in [0.3, 0.4) is 0 Å². The first-order chi connectivity index (χ1) is 14.1. The van der Waals surface area contributed by atoms with Crippen molar-refractivity contribution in [2.24, 2.45) is 0 Å². The van der Waals surface area contributed by atoms with E-state index in [1.54, 1.807) is 0 Å². The zero-order chi connectivity index (χ0) is 20.6. The second kappa shape index (κ2) is 11.7. The van der Waals surface area contributed by atoms with E-state index < -0.39 is 0 Å². The highest BCUT2D eigenvalue weighted by Gasteiger charge is 2.20. The maximum atomic E-state index is 12.6. The first-order valence-corrected chi connectivity index (χ1v) is 10.3. The Bertz CT molecular complexity index is 823. The lowest BCUT2D eigenvalue weighted by atomic mass is 10.2. The van der Waals surface area contributed by atoms with Gasteiger partial charge in [0, 0.05) is 37.9 Å². The molecule has 0 bridgehead atoms. The van der Waals surface area contributed by atoms with Crippen LogP contribution in [0.5, 0.6) is 11.5 Å². The average molecular weight is 434 g/mol. The lowest BCUT2D eigenvalue weighted by molar-refractivity contribution is -0.117. The van der Waals surface area contributed by atoms with Gasteiger partial charge in [-0.05, 0) is 50.6 Å². The molecule has 0 atom stereocenters. The van der Waals surface area contributed by atoms with E-state index in [1.165, 1.54) is 11.3 Å². The molecule has 2 aromatic carbocycles. The quantitative estimate of drug-likeness (QED) is 0.682. The Hall–Kier alpha value is -2.44. The summed E-state index contributed by atoms with van der Waals surface area (Å²) in [6, 6.07) is 14.1. The van der Waals surface area contributed by atoms with Crippen LogP contribution in [0, 0.1) is 6.92 Å². The van der Waals surface area contributed by atoms with Gasteiger partial charge in [-0.3, -0.25) is 9.69 Å². The highest BCUT2D eigenvalue weighted by atomic mass is 35.5. The molecule has 7 heteroatoms. The number of nitrogens with one attached hydrogen (secondary N) is 1. The van der Waals surface area contributed by atoms with E-state index in [1.807, 2.05) is 32.0 Å². The number of rotatable bonds is 8. The van der Waals surface area contributed by atoms with Gasteiger partial charge in [-0.1, -0.05) is 12.1 Å². The zero-order valence-electron chi connectivity index (χ0n) is 18.0. The number of benzene rings is 2. The number of halogens is 1. The Labute approximate surface area is 185 Å². The van der Waals surface area contributed by atoms with Crippen LogP contribution in [0.15, 0.2) is 42.5 Å². The summed E-state index contributed by atoms with van der Waals surface area (Å²) in [7, 11) is 0. The van der Waals surface area contributed by atoms with Crippen LogP contribution in [0.4, 0.5) is 11.4 Å². The third-order valence-electron chi connectivity index (χ3n) is 4.94. The lowest BCUT2D eigenvalue weighted by Crippen LogP contribution is -2.48. The summed E-state index contributed by atoms with van der Waals surface area (Å²) in [6.45, 7) is 11.0. The van der Waals surface area contributed by atoms with Crippen molar-refractivity contribution in [2.45, 2.75) is 20.8 Å². The van der Waals surface area contributed by atoms with Crippen molar-refractivity contribution in [1.82, 2.24) is 4.90 Å². The van der Waals surface area contributed by atoms with E-state index in [0.717, 1.165) is 31.9 Å². The largest absolute Gasteiger partial charge is 0.494 e. The van der Waals surface area contributed by atoms with Crippen molar-refractivity contribution in [3.8, 4) is 11.5 Å². The molecule has 0 unspecified atom stereocenters. The number of piperazine rings is 1. The molecule has 6 nitrogen and oxygen atoms in total. The standard InChI is InChI=1S/C23H31N3O3.ClH/c1-4-28-20-9-10-22(29-5-2)21(16-20)24-23(27)17-25-11-13-26(14-12-25)19-8-6-7-18(3)15-19;/h6-10,15-16H,4-5,11-14,17H2,1-3H3,(H,24,27);1H. The lowest BCUT2D eigenvalue weighted by Gasteiger charge is -2.35. The molecule has 1 aliphatic heterocycles. The van der Waals surface area contributed by atoms with E-state index in [-0.39, 0.29) is 18.3 Å². The molecule has 0 saturated carbocycles. The Morgan fingerprint density at radius 2 is 1.73 bits per heavy atom. The van der Waals surface area contributed by atoms with Crippen LogP contribution in [0.2, 0.25) is 0 Å². The topological polar surface area (TPSA) is 54.0 Å². The predicted molar refractivity (Wildman–Crippen MR) is 124 cm³/mol. The third kappa shape index (κ3) is 6.54. The van der Waals surface area contributed by atoms with Crippen LogP contribution < -0.4 is 19.7 Å². The summed E-state index contributed by atoms with van der Waals surface area (Å²) >= 11 is 0. The van der Waals surface area contributed by atoms with Gasteiger partial charge in [-0.15, -0.1) is 12.4 Å². The monoisotopic (exact) mass is 433 g/mol. The minimum atomic E-state index is -0.0383. The number of carbonyl (C=O) groups excluding carboxylic acids is 1. The number of aryl methyl sites for hydroxylation is 1. The molecule has 1 aliphatic rings. The highest BCUT2D eigenvalue weighted by Crippen LogP contribution is 2.29. The molecule has 1 N–H and O–H groups in total. The molecule has 1 heterocycles. The summed E-state index contributed by atoms with van der Waals surface area (Å²) in [5.41, 5.74) is 3.17. The van der Waals surface area contributed by atoms with E-state index in [9.17, 15) is 4.79 Å². The third-order valence-corrected chi connectivity index (χ3v) is 4.94. The SMILES string of the molecule is CCOc1ccc(OCC)c(NC(=O)CN2CCN(c3cccc(C)c3)CC2)c1.Cl. The minimum absolute atomic E-state index is 0. The van der Waals surface area contributed by atoms with Gasteiger partial charge in [0.15, 0.2) is 0 Å². The maximum Gasteiger partial charge on any atom is 0.238 e. The number of carbonyl (C=O) groups is 1. The molecular formula is C23H32ClN3O3. The van der Waals surface area contributed by atoms with E-state index >= 15 is 0 Å². The molecule has 1 saturated heterocycles. The van der Waals surface area contributed by atoms with Gasteiger partial charge in [0.05, 0.1) is 25.4 Å². The average Bonchev–Trinajstić information content (AvgIpc) is 2.71. The van der Waals surface area contributed by atoms with Crippen molar-refractivity contribution < 1.29 is 14.3 Å². The van der Waals surface area contributed by atoms with E-state index in [2.05, 4.69) is 46.3 Å². The zero-order valence-corrected chi connectivity index (χ0v) is 18.8. The first kappa shape index (κ1) is 23.8. The van der Waals surface area contributed by atoms with Gasteiger partial charge in [0.2, 0.25) is 5.91 Å². The fraction of sp³-hybridized carbons (Fsp3) is 0.435. The summed E-state index contributed by atoms with van der Waals surface area (Å²) in [5.74, 6) is 1.34. The molecule has 0 spiro atoms. The number of nitrogens with zero attached hydrogens (tertiary/aromatic N) is 2. The maximum absolute atomic E-state index is 12.6. The summed E-state index contributed by atoms with van der Waals surface area (Å²) in [4.78, 5) is 17.2. The Kier molecular flexibility index (Phi) is 9.27. The van der Waals surface area contributed by atoms with Gasteiger partial charge in [-0.2, -0.15) is 0 Å². The Morgan fingerprint density at radius 3 is 2.40 bits per heavy atom. The minimum Gasteiger partial charge on any atom is -0.494 e. The van der Waals surface area contributed by atoms with Crippen LogP contribution in [0.25, 0.3) is 0 Å². The fourth-order valence-electron chi connectivity index (χ4n) is 3.53. The predicted octanol–water partition coefficient (Wildman–Crippen LogP) is 3.97. The normalized spacial score (nSPS) is 14.0. The molecule has 3 rings (SSSR count). The van der Waals surface area contributed by atoms with E-state index in [4.69, 9.17) is 9.47 Å². The van der Waals surface area contributed by atoms with Gasteiger partial charge >= 0.3 is 0 Å². The molecule has 2 aromatic rings. The van der Waals surface area contributed by atoms with Crippen LogP contribution in [-0.2, 0) is 4.79 Å². The second-order valence-corrected chi connectivity index (χ2v) is 7.17. The highest BCUT2D eigenvalue weighted by molar-refractivity contribution is 5.94. The molecule has 1 amide bonds. The molecule has 0 aromatic heterocycles. The molecule has 1 fully saturated rings. The van der Waals surface area contributed by atoms with Crippen molar-refractivity contribution >= 4 is 29.7 Å². The smallest absolute Gasteiger partial charge is 0.238 e. The van der Waals surface area contributed by atoms with Crippen molar-refractivity contribution in [3.63, 3.8) is 0 Å². The van der Waals surface area contributed by atoms with Crippen molar-refractivity contribution in [2.75, 3.05) is 56.2 Å². The van der Waals surface area contributed by atoms with Gasteiger partial charge in [0.25, 0.3) is 0 Å². The van der Waals surface area contributed by atoms with Crippen molar-refractivity contribution in [1.29, 1.82) is 0 Å². The fourth-order valence-corrected chi connectivity index (χ4v) is 3.53. The Balaban J connectivity index is 0.00000320. The molecule has 0 aliphatic carbocycles. The van der Waals surface area contributed by atoms with Crippen LogP contribution in [0.1, 0.15) is 19.4 Å². The Morgan fingerprint density at radius 1 is 1.00 bits per heavy atom. The number of hydrogen-bond acceptors (Lipinski definition) is 5. The first-order valence-electron chi connectivity index (χ1n) is 10.3. The number of anilines is 2. The summed E-state index contributed by atoms with van der Waals surface area (Å²) < 4.78 is 11.2. The second-order valence-electron chi connectivity index (χ2n) is 7.17.